The number of carbonyl (C=O) groups is 6. The van der Waals surface area contributed by atoms with Crippen molar-refractivity contribution in [1.29, 1.82) is 0 Å². The van der Waals surface area contributed by atoms with Crippen molar-refractivity contribution in [3.63, 3.8) is 0 Å². The number of rotatable bonds is 17. The zero-order valence-corrected chi connectivity index (χ0v) is 29.6. The van der Waals surface area contributed by atoms with E-state index in [1.807, 2.05) is 13.8 Å². The Labute approximate surface area is 299 Å². The second-order valence-electron chi connectivity index (χ2n) is 13.3. The Morgan fingerprint density at radius 3 is 2.00 bits per heavy atom. The molecule has 51 heavy (non-hydrogen) atoms. The Bertz CT molecular complexity index is 1360. The van der Waals surface area contributed by atoms with E-state index in [0.29, 0.717) is 44.3 Å². The van der Waals surface area contributed by atoms with Crippen molar-refractivity contribution in [2.24, 2.45) is 23.1 Å². The summed E-state index contributed by atoms with van der Waals surface area (Å²) in [5.74, 6) is -4.70. The molecule has 0 bridgehead atoms. The van der Waals surface area contributed by atoms with Crippen LogP contribution in [0.5, 0.6) is 5.75 Å². The van der Waals surface area contributed by atoms with E-state index < -0.39 is 71.8 Å². The third-order valence-corrected chi connectivity index (χ3v) is 8.36. The Morgan fingerprint density at radius 2 is 1.43 bits per heavy atom. The van der Waals surface area contributed by atoms with Crippen molar-refractivity contribution < 1.29 is 39.0 Å². The molecule has 13 N–H and O–H groups in total. The standard InChI is InChI=1S/C35H56N8O8/c1-21(2)18-29(35(50)51)43-34(49)28(20-22-10-9-11-23(44)19-22)42-33(48)26-13-4-3-12-24(38)30(45)39-25(14-5-7-16-36)31(46)41-27(32(47)40-26)15-6-8-17-37/h3-4,9-11,19,21,24-29,44H,5-8,12-18,20,36-38H2,1-2H3,(H,39,45)(H,40,47)(H,41,46)(H,42,48)(H,43,49)(H,50,51)/b4-3+/t24-,25-,26-,27-,28-,29-/m0/s1. The number of amides is 5. The monoisotopic (exact) mass is 716 g/mol. The van der Waals surface area contributed by atoms with Gasteiger partial charge in [0.05, 0.1) is 6.04 Å². The predicted molar refractivity (Wildman–Crippen MR) is 191 cm³/mol. The van der Waals surface area contributed by atoms with Crippen molar-refractivity contribution in [3.8, 4) is 5.75 Å². The summed E-state index contributed by atoms with van der Waals surface area (Å²) in [6.45, 7) is 4.38. The fourth-order valence-corrected chi connectivity index (χ4v) is 5.53. The Kier molecular flexibility index (Phi) is 18.7. The second-order valence-corrected chi connectivity index (χ2v) is 13.3. The highest BCUT2D eigenvalue weighted by Crippen LogP contribution is 2.14. The van der Waals surface area contributed by atoms with Crippen molar-refractivity contribution in [3.05, 3.63) is 42.0 Å². The first-order valence-corrected chi connectivity index (χ1v) is 17.6. The number of unbranched alkanes of at least 4 members (excludes halogenated alkanes) is 2. The molecular formula is C35H56N8O8. The Balaban J connectivity index is 2.44. The van der Waals surface area contributed by atoms with Gasteiger partial charge in [-0.05, 0) is 94.5 Å². The Hall–Kier alpha value is -4.54. The van der Waals surface area contributed by atoms with E-state index in [-0.39, 0.29) is 50.2 Å². The van der Waals surface area contributed by atoms with Crippen LogP contribution in [0.2, 0.25) is 0 Å². The Morgan fingerprint density at radius 1 is 0.843 bits per heavy atom. The van der Waals surface area contributed by atoms with Gasteiger partial charge in [0.15, 0.2) is 0 Å². The van der Waals surface area contributed by atoms with Gasteiger partial charge in [0.1, 0.15) is 36.0 Å². The van der Waals surface area contributed by atoms with Crippen molar-refractivity contribution >= 4 is 35.5 Å². The molecule has 0 unspecified atom stereocenters. The summed E-state index contributed by atoms with van der Waals surface area (Å²) in [7, 11) is 0. The molecule has 1 aliphatic rings. The number of phenols is 1. The number of carboxylic acid groups (broad SMARTS) is 1. The number of nitrogens with one attached hydrogen (secondary N) is 5. The highest BCUT2D eigenvalue weighted by molar-refractivity contribution is 5.96. The number of aliphatic carboxylic acids is 1. The highest BCUT2D eigenvalue weighted by Gasteiger charge is 2.33. The lowest BCUT2D eigenvalue weighted by atomic mass is 10.0. The van der Waals surface area contributed by atoms with E-state index in [4.69, 9.17) is 17.2 Å². The van der Waals surface area contributed by atoms with Crippen LogP contribution in [-0.4, -0.2) is 95.1 Å². The number of benzene rings is 1. The van der Waals surface area contributed by atoms with Gasteiger partial charge in [-0.1, -0.05) is 38.1 Å². The van der Waals surface area contributed by atoms with Gasteiger partial charge in [0.25, 0.3) is 0 Å². The van der Waals surface area contributed by atoms with E-state index in [9.17, 15) is 39.0 Å². The fourth-order valence-electron chi connectivity index (χ4n) is 5.53. The topological polar surface area (TPSA) is 281 Å². The summed E-state index contributed by atoms with van der Waals surface area (Å²) in [5.41, 5.74) is 17.9. The number of carbonyl (C=O) groups excluding carboxylic acids is 5. The number of nitrogens with two attached hydrogens (primary N) is 3. The molecule has 0 saturated carbocycles. The molecule has 16 heteroatoms. The largest absolute Gasteiger partial charge is 0.508 e. The molecule has 1 aromatic carbocycles. The average Bonchev–Trinajstić information content (AvgIpc) is 3.07. The van der Waals surface area contributed by atoms with Crippen LogP contribution in [0.25, 0.3) is 0 Å². The molecule has 0 saturated heterocycles. The molecule has 284 valence electrons. The summed E-state index contributed by atoms with van der Waals surface area (Å²) in [5, 5.41) is 33.0. The van der Waals surface area contributed by atoms with Gasteiger partial charge in [-0.3, -0.25) is 24.0 Å². The second kappa shape index (κ2) is 22.3. The van der Waals surface area contributed by atoms with Crippen LogP contribution in [0.3, 0.4) is 0 Å². The number of aromatic hydroxyl groups is 1. The van der Waals surface area contributed by atoms with Crippen molar-refractivity contribution in [1.82, 2.24) is 26.6 Å². The predicted octanol–water partition coefficient (Wildman–Crippen LogP) is -0.575. The third-order valence-electron chi connectivity index (χ3n) is 8.36. The number of carboxylic acids is 1. The van der Waals surface area contributed by atoms with Gasteiger partial charge in [0.2, 0.25) is 29.5 Å². The van der Waals surface area contributed by atoms with Crippen LogP contribution in [-0.2, 0) is 35.2 Å². The molecule has 0 fully saturated rings. The lowest BCUT2D eigenvalue weighted by Crippen LogP contribution is -2.59. The first-order valence-electron chi connectivity index (χ1n) is 17.6. The quantitative estimate of drug-likeness (QED) is 0.0719. The van der Waals surface area contributed by atoms with Crippen LogP contribution in [0.4, 0.5) is 0 Å². The van der Waals surface area contributed by atoms with E-state index in [1.54, 1.807) is 24.3 Å². The van der Waals surface area contributed by atoms with Crippen LogP contribution in [0, 0.1) is 5.92 Å². The maximum Gasteiger partial charge on any atom is 0.326 e. The molecule has 0 aliphatic carbocycles. The molecular weight excluding hydrogens is 660 g/mol. The van der Waals surface area contributed by atoms with E-state index >= 15 is 0 Å². The van der Waals surface area contributed by atoms with Gasteiger partial charge < -0.3 is 54.0 Å². The minimum absolute atomic E-state index is 0.0593. The van der Waals surface area contributed by atoms with Crippen LogP contribution in [0.15, 0.2) is 36.4 Å². The SMILES string of the molecule is CC(C)C[C@H](NC(=O)[C@H](Cc1cccc(O)c1)NC(=O)[C@@H]1C/C=C/C[C@H](N)C(=O)N[C@@H](CCCCN)C(=O)N[C@@H](CCCCN)C(=O)N1)C(=O)O. The zero-order valence-electron chi connectivity index (χ0n) is 29.6. The van der Waals surface area contributed by atoms with Gasteiger partial charge in [-0.25, -0.2) is 4.79 Å². The summed E-state index contributed by atoms with van der Waals surface area (Å²) in [6, 6.07) is -0.781. The molecule has 0 aromatic heterocycles. The van der Waals surface area contributed by atoms with Crippen LogP contribution in [0.1, 0.15) is 77.2 Å². The molecule has 2 rings (SSSR count). The molecule has 1 heterocycles. The van der Waals surface area contributed by atoms with Gasteiger partial charge >= 0.3 is 5.97 Å². The average molecular weight is 717 g/mol. The molecule has 0 radical (unpaired) electrons. The number of phenolic OH excluding ortho intramolecular Hbond substituents is 1. The van der Waals surface area contributed by atoms with E-state index in [0.717, 1.165) is 0 Å². The normalized spacial score (nSPS) is 22.0. The smallest absolute Gasteiger partial charge is 0.326 e. The molecule has 6 atom stereocenters. The summed E-state index contributed by atoms with van der Waals surface area (Å²) in [6.07, 6.45) is 5.87. The molecule has 5 amide bonds. The van der Waals surface area contributed by atoms with Crippen LogP contribution >= 0.6 is 0 Å². The molecule has 1 aliphatic heterocycles. The summed E-state index contributed by atoms with van der Waals surface area (Å²) in [4.78, 5) is 79.5. The zero-order chi connectivity index (χ0) is 37.9. The number of hydrogen-bond acceptors (Lipinski definition) is 10. The minimum atomic E-state index is -1.30. The van der Waals surface area contributed by atoms with Crippen LogP contribution < -0.4 is 43.8 Å². The molecule has 16 nitrogen and oxygen atoms in total. The fraction of sp³-hybridized carbons (Fsp3) is 0.600. The van der Waals surface area contributed by atoms with Crippen molar-refractivity contribution in [2.75, 3.05) is 13.1 Å². The maximum absolute atomic E-state index is 13.9. The minimum Gasteiger partial charge on any atom is -0.508 e. The van der Waals surface area contributed by atoms with Crippen molar-refractivity contribution in [2.45, 2.75) is 114 Å². The third kappa shape index (κ3) is 15.5. The van der Waals surface area contributed by atoms with Gasteiger partial charge in [-0.15, -0.1) is 0 Å². The highest BCUT2D eigenvalue weighted by atomic mass is 16.4. The lowest BCUT2D eigenvalue weighted by molar-refractivity contribution is -0.142. The van der Waals surface area contributed by atoms with E-state index in [2.05, 4.69) is 26.6 Å². The van der Waals surface area contributed by atoms with E-state index in [1.165, 1.54) is 12.1 Å². The molecule has 1 aromatic rings. The summed E-state index contributed by atoms with van der Waals surface area (Å²) >= 11 is 0. The first-order chi connectivity index (χ1) is 24.2. The maximum atomic E-state index is 13.9. The van der Waals surface area contributed by atoms with Gasteiger partial charge in [0, 0.05) is 6.42 Å². The number of hydrogen-bond donors (Lipinski definition) is 10. The molecule has 0 spiro atoms. The first kappa shape index (κ1) is 42.6. The summed E-state index contributed by atoms with van der Waals surface area (Å²) < 4.78 is 0. The van der Waals surface area contributed by atoms with Gasteiger partial charge in [-0.2, -0.15) is 0 Å². The lowest BCUT2D eigenvalue weighted by Gasteiger charge is -2.27.